The summed E-state index contributed by atoms with van der Waals surface area (Å²) < 4.78 is 1.16. The van der Waals surface area contributed by atoms with Crippen molar-refractivity contribution in [2.24, 2.45) is 0 Å². The van der Waals surface area contributed by atoms with Crippen LogP contribution >= 0.6 is 31.9 Å². The Bertz CT molecular complexity index is 650. The second-order valence-electron chi connectivity index (χ2n) is 4.40. The Labute approximate surface area is 134 Å². The van der Waals surface area contributed by atoms with E-state index < -0.39 is 0 Å². The van der Waals surface area contributed by atoms with Gasteiger partial charge in [-0.1, -0.05) is 35.9 Å². The van der Waals surface area contributed by atoms with E-state index in [0.29, 0.717) is 14.5 Å². The van der Waals surface area contributed by atoms with Crippen LogP contribution in [-0.4, -0.2) is 10.9 Å². The smallest absolute Gasteiger partial charge is 0.185 e. The van der Waals surface area contributed by atoms with E-state index in [0.717, 1.165) is 11.1 Å². The highest BCUT2D eigenvalue weighted by atomic mass is 79.9. The van der Waals surface area contributed by atoms with Gasteiger partial charge in [0.15, 0.2) is 5.78 Å². The Morgan fingerprint density at radius 1 is 1.10 bits per heavy atom. The number of hydrogen-bond acceptors (Lipinski definition) is 2. The van der Waals surface area contributed by atoms with Crippen molar-refractivity contribution in [1.82, 2.24) is 0 Å². The third-order valence-electron chi connectivity index (χ3n) is 2.80. The predicted octanol–water partition coefficient (Wildman–Crippen LogP) is 5.12. The van der Waals surface area contributed by atoms with Crippen molar-refractivity contribution in [3.05, 3.63) is 68.1 Å². The maximum Gasteiger partial charge on any atom is 0.185 e. The van der Waals surface area contributed by atoms with Crippen LogP contribution in [0.2, 0.25) is 0 Å². The van der Waals surface area contributed by atoms with Gasteiger partial charge in [0, 0.05) is 5.56 Å². The first-order valence-corrected chi connectivity index (χ1v) is 7.53. The molecule has 2 aromatic rings. The summed E-state index contributed by atoms with van der Waals surface area (Å²) in [6.45, 7) is 1.98. The molecule has 2 nitrogen and oxygen atoms in total. The van der Waals surface area contributed by atoms with Crippen molar-refractivity contribution in [2.45, 2.75) is 6.92 Å². The molecule has 1 N–H and O–H groups in total. The van der Waals surface area contributed by atoms with Crippen molar-refractivity contribution in [2.75, 3.05) is 0 Å². The van der Waals surface area contributed by atoms with Crippen molar-refractivity contribution in [1.29, 1.82) is 0 Å². The molecule has 0 saturated heterocycles. The molecule has 2 aromatic carbocycles. The van der Waals surface area contributed by atoms with Gasteiger partial charge in [-0.25, -0.2) is 0 Å². The highest BCUT2D eigenvalue weighted by Crippen LogP contribution is 2.33. The Morgan fingerprint density at radius 2 is 1.65 bits per heavy atom. The summed E-state index contributed by atoms with van der Waals surface area (Å²) in [6.07, 6.45) is 3.24. The lowest BCUT2D eigenvalue weighted by Crippen LogP contribution is -1.93. The summed E-state index contributed by atoms with van der Waals surface area (Å²) in [6, 6.07) is 10.9. The number of carbonyl (C=O) groups excluding carboxylic acids is 1. The molecule has 0 unspecified atom stereocenters. The molecular weight excluding hydrogens is 384 g/mol. The molecule has 0 aliphatic rings. The van der Waals surface area contributed by atoms with Gasteiger partial charge in [-0.2, -0.15) is 0 Å². The van der Waals surface area contributed by atoms with Crippen molar-refractivity contribution in [3.8, 4) is 5.75 Å². The zero-order valence-electron chi connectivity index (χ0n) is 10.7. The fourth-order valence-electron chi connectivity index (χ4n) is 1.67. The molecule has 0 bridgehead atoms. The van der Waals surface area contributed by atoms with Crippen LogP contribution in [0.3, 0.4) is 0 Å². The van der Waals surface area contributed by atoms with Gasteiger partial charge in [-0.15, -0.1) is 0 Å². The van der Waals surface area contributed by atoms with Gasteiger partial charge >= 0.3 is 0 Å². The molecule has 4 heteroatoms. The molecule has 0 amide bonds. The summed E-state index contributed by atoms with van der Waals surface area (Å²) in [5.41, 5.74) is 2.60. The minimum atomic E-state index is -0.0506. The monoisotopic (exact) mass is 394 g/mol. The van der Waals surface area contributed by atoms with Gasteiger partial charge in [0.25, 0.3) is 0 Å². The quantitative estimate of drug-likeness (QED) is 0.578. The average Bonchev–Trinajstić information content (AvgIpc) is 2.42. The number of ketones is 1. The second-order valence-corrected chi connectivity index (χ2v) is 6.11. The number of aryl methyl sites for hydroxylation is 1. The normalized spacial score (nSPS) is 10.9. The Hall–Kier alpha value is -1.39. The largest absolute Gasteiger partial charge is 0.506 e. The molecule has 0 spiro atoms. The Morgan fingerprint density at radius 3 is 2.20 bits per heavy atom. The molecule has 0 aromatic heterocycles. The summed E-state index contributed by atoms with van der Waals surface area (Å²) in [5, 5.41) is 9.63. The standard InChI is InChI=1S/C16H12Br2O2/c1-10-2-5-12(6-3-10)15(19)7-4-11-8-13(17)16(20)14(18)9-11/h2-9,20H,1H3. The third-order valence-corrected chi connectivity index (χ3v) is 4.01. The van der Waals surface area contributed by atoms with Gasteiger partial charge in [0.1, 0.15) is 5.75 Å². The average molecular weight is 396 g/mol. The number of aromatic hydroxyl groups is 1. The van der Waals surface area contributed by atoms with Crippen LogP contribution in [0, 0.1) is 6.92 Å². The van der Waals surface area contributed by atoms with Crippen LogP contribution in [0.25, 0.3) is 6.08 Å². The van der Waals surface area contributed by atoms with Crippen molar-refractivity contribution < 1.29 is 9.90 Å². The van der Waals surface area contributed by atoms with Crippen molar-refractivity contribution in [3.63, 3.8) is 0 Å². The summed E-state index contributed by atoms with van der Waals surface area (Å²) >= 11 is 6.52. The molecule has 0 atom stereocenters. The predicted molar refractivity (Wildman–Crippen MR) is 88.1 cm³/mol. The lowest BCUT2D eigenvalue weighted by Gasteiger charge is -2.02. The lowest BCUT2D eigenvalue weighted by atomic mass is 10.1. The van der Waals surface area contributed by atoms with Crippen LogP contribution in [0.1, 0.15) is 21.5 Å². The van der Waals surface area contributed by atoms with Crippen LogP contribution in [-0.2, 0) is 0 Å². The van der Waals surface area contributed by atoms with Crippen LogP contribution in [0.5, 0.6) is 5.75 Å². The molecule has 0 radical (unpaired) electrons. The highest BCUT2D eigenvalue weighted by Gasteiger charge is 2.05. The lowest BCUT2D eigenvalue weighted by molar-refractivity contribution is 0.104. The molecule has 2 rings (SSSR count). The number of phenolic OH excluding ortho intramolecular Hbond substituents is 1. The van der Waals surface area contributed by atoms with Gasteiger partial charge in [-0.3, -0.25) is 4.79 Å². The van der Waals surface area contributed by atoms with E-state index in [4.69, 9.17) is 0 Å². The summed E-state index contributed by atoms with van der Waals surface area (Å²) in [4.78, 5) is 12.0. The van der Waals surface area contributed by atoms with Gasteiger partial charge in [-0.05, 0) is 62.6 Å². The molecule has 0 aliphatic heterocycles. The number of carbonyl (C=O) groups is 1. The van der Waals surface area contributed by atoms with E-state index in [9.17, 15) is 9.90 Å². The summed E-state index contributed by atoms with van der Waals surface area (Å²) in [5.74, 6) is 0.0948. The fraction of sp³-hybridized carbons (Fsp3) is 0.0625. The zero-order valence-corrected chi connectivity index (χ0v) is 13.9. The fourth-order valence-corrected chi connectivity index (χ4v) is 2.89. The number of hydrogen-bond donors (Lipinski definition) is 1. The maximum absolute atomic E-state index is 12.0. The molecule has 0 aliphatic carbocycles. The molecule has 0 fully saturated rings. The van der Waals surface area contributed by atoms with Gasteiger partial charge in [0.05, 0.1) is 8.95 Å². The van der Waals surface area contributed by atoms with Crippen LogP contribution < -0.4 is 0 Å². The highest BCUT2D eigenvalue weighted by molar-refractivity contribution is 9.11. The Balaban J connectivity index is 2.21. The first-order valence-electron chi connectivity index (χ1n) is 5.94. The maximum atomic E-state index is 12.0. The molecular formula is C16H12Br2O2. The van der Waals surface area contributed by atoms with E-state index in [1.807, 2.05) is 31.2 Å². The molecule has 0 saturated carbocycles. The van der Waals surface area contributed by atoms with E-state index in [2.05, 4.69) is 31.9 Å². The third kappa shape index (κ3) is 3.58. The number of benzene rings is 2. The van der Waals surface area contributed by atoms with E-state index in [1.54, 1.807) is 18.2 Å². The first kappa shape index (κ1) is 15.0. The molecule has 102 valence electrons. The minimum absolute atomic E-state index is 0.0506. The van der Waals surface area contributed by atoms with Crippen LogP contribution in [0.4, 0.5) is 0 Å². The number of allylic oxidation sites excluding steroid dienone is 1. The second kappa shape index (κ2) is 6.37. The Kier molecular flexibility index (Phi) is 4.78. The van der Waals surface area contributed by atoms with E-state index in [-0.39, 0.29) is 11.5 Å². The molecule has 20 heavy (non-hydrogen) atoms. The minimum Gasteiger partial charge on any atom is -0.506 e. The van der Waals surface area contributed by atoms with Crippen molar-refractivity contribution >= 4 is 43.7 Å². The van der Waals surface area contributed by atoms with E-state index in [1.165, 1.54) is 6.08 Å². The summed E-state index contributed by atoms with van der Waals surface area (Å²) in [7, 11) is 0. The molecule has 0 heterocycles. The number of phenols is 1. The number of rotatable bonds is 3. The van der Waals surface area contributed by atoms with Crippen LogP contribution in [0.15, 0.2) is 51.4 Å². The topological polar surface area (TPSA) is 37.3 Å². The first-order chi connectivity index (χ1) is 9.47. The van der Waals surface area contributed by atoms with Gasteiger partial charge in [0.2, 0.25) is 0 Å². The SMILES string of the molecule is Cc1ccc(C(=O)C=Cc2cc(Br)c(O)c(Br)c2)cc1. The van der Waals surface area contributed by atoms with E-state index >= 15 is 0 Å². The zero-order chi connectivity index (χ0) is 14.7. The number of halogens is 2. The van der Waals surface area contributed by atoms with Gasteiger partial charge < -0.3 is 5.11 Å².